The molecule has 0 atom stereocenters. The van der Waals surface area contributed by atoms with Crippen molar-refractivity contribution in [3.63, 3.8) is 0 Å². The number of unbranched alkanes of at least 4 members (excludes halogenated alkanes) is 48. The predicted molar refractivity (Wildman–Crippen MR) is 547 cm³/mol. The van der Waals surface area contributed by atoms with Crippen molar-refractivity contribution in [1.29, 1.82) is 0 Å². The molecule has 129 heavy (non-hydrogen) atoms. The van der Waals surface area contributed by atoms with Gasteiger partial charge in [-0.15, -0.1) is 0 Å². The molecule has 8 aromatic carbocycles. The van der Waals surface area contributed by atoms with Gasteiger partial charge in [-0.05, 0) is 239 Å². The van der Waals surface area contributed by atoms with Crippen LogP contribution in [0.25, 0.3) is 43.1 Å². The molecule has 724 valence electrons. The number of fused-ring (bicyclic) bond motifs is 4. The first-order chi connectivity index (χ1) is 61.8. The summed E-state index contributed by atoms with van der Waals surface area (Å²) in [6.45, 7) is 18.0. The Balaban J connectivity index is 0.000000359. The van der Waals surface area contributed by atoms with E-state index in [0.29, 0.717) is 0 Å². The van der Waals surface area contributed by atoms with E-state index < -0.39 is 40.5 Å². The van der Waals surface area contributed by atoms with Crippen LogP contribution in [0.3, 0.4) is 0 Å². The van der Waals surface area contributed by atoms with Crippen LogP contribution in [-0.2, 0) is 91.8 Å². The fourth-order valence-corrected chi connectivity index (χ4v) is 20.2. The van der Waals surface area contributed by atoms with E-state index in [1.165, 1.54) is 428 Å². The minimum atomic E-state index is -4.43. The monoisotopic (exact) mass is 2050 g/mol. The summed E-state index contributed by atoms with van der Waals surface area (Å²) >= 11 is 0. The van der Waals surface area contributed by atoms with Crippen molar-refractivity contribution in [2.45, 2.75) is 486 Å². The Bertz CT molecular complexity index is 4220. The van der Waals surface area contributed by atoms with Crippen LogP contribution < -0.4 is 0 Å². The average Bonchev–Trinajstić information content (AvgIpc) is 0.811. The zero-order valence-corrected chi connectivity index (χ0v) is 89.0. The molecule has 0 N–H and O–H groups in total. The van der Waals surface area contributed by atoms with Gasteiger partial charge in [0.1, 0.15) is 40.5 Å². The molecule has 0 amide bonds. The zero-order chi connectivity index (χ0) is 92.9. The number of benzene rings is 8. The van der Waals surface area contributed by atoms with Crippen molar-refractivity contribution in [2.24, 2.45) is 0 Å². The van der Waals surface area contributed by atoms with Crippen LogP contribution in [0.5, 0.6) is 0 Å². The fourth-order valence-electron chi connectivity index (χ4n) is 18.1. The third-order valence-electron chi connectivity index (χ3n) is 26.1. The van der Waals surface area contributed by atoms with E-state index in [9.17, 15) is 51.9 Å². The maximum absolute atomic E-state index is 11.5. The molecule has 0 aliphatic rings. The van der Waals surface area contributed by atoms with E-state index in [0.717, 1.165) is 94.5 Å². The summed E-state index contributed by atoms with van der Waals surface area (Å²) in [6.07, 6.45) is 80.7. The second-order valence-corrected chi connectivity index (χ2v) is 42.8. The van der Waals surface area contributed by atoms with E-state index in [4.69, 9.17) is 0 Å². The molecular formula is C112H172O12PbS4-4. The van der Waals surface area contributed by atoms with E-state index in [-0.39, 0.29) is 46.9 Å². The largest absolute Gasteiger partial charge is 0.744 e. The number of rotatable bonds is 68. The zero-order valence-electron chi connectivity index (χ0n) is 81.8. The van der Waals surface area contributed by atoms with Crippen LogP contribution in [0.1, 0.15) is 459 Å². The quantitative estimate of drug-likeness (QED) is 0.0197. The summed E-state index contributed by atoms with van der Waals surface area (Å²) in [5, 5.41) is 7.56. The number of hydrogen-bond donors (Lipinski definition) is 0. The summed E-state index contributed by atoms with van der Waals surface area (Å²) in [4.78, 5) is -0.531. The first-order valence-electron chi connectivity index (χ1n) is 51.9. The number of hydrogen-bond acceptors (Lipinski definition) is 12. The molecule has 8 rings (SSSR count). The van der Waals surface area contributed by atoms with Gasteiger partial charge < -0.3 is 18.2 Å². The molecule has 0 fully saturated rings. The van der Waals surface area contributed by atoms with Gasteiger partial charge in [0.25, 0.3) is 0 Å². The summed E-state index contributed by atoms with van der Waals surface area (Å²) in [5.74, 6) is 0. The Labute approximate surface area is 807 Å². The molecule has 0 aromatic heterocycles. The maximum Gasteiger partial charge on any atom is 0.124 e. The van der Waals surface area contributed by atoms with Gasteiger partial charge in [-0.25, -0.2) is 33.7 Å². The third-order valence-corrected chi connectivity index (χ3v) is 29.4. The Hall–Kier alpha value is -4.64. The summed E-state index contributed by atoms with van der Waals surface area (Å²) in [5.41, 5.74) is 10.9. The molecule has 0 saturated carbocycles. The molecule has 8 aromatic rings. The molecule has 0 spiro atoms. The van der Waals surface area contributed by atoms with Crippen LogP contribution in [0.2, 0.25) is 0 Å². The van der Waals surface area contributed by atoms with E-state index in [1.54, 1.807) is 48.5 Å². The van der Waals surface area contributed by atoms with E-state index >= 15 is 0 Å². The van der Waals surface area contributed by atoms with Crippen molar-refractivity contribution in [3.05, 3.63) is 166 Å². The van der Waals surface area contributed by atoms with E-state index in [1.807, 2.05) is 0 Å². The van der Waals surface area contributed by atoms with Gasteiger partial charge in [0.2, 0.25) is 0 Å². The van der Waals surface area contributed by atoms with Gasteiger partial charge in [0.05, 0.1) is 19.6 Å². The molecule has 17 heteroatoms. The second kappa shape index (κ2) is 69.2. The topological polar surface area (TPSA) is 229 Å². The molecule has 0 unspecified atom stereocenters. The first kappa shape index (κ1) is 117. The number of aryl methyl sites for hydroxylation is 8. The predicted octanol–water partition coefficient (Wildman–Crippen LogP) is 32.9. The van der Waals surface area contributed by atoms with E-state index in [2.05, 4.69) is 104 Å². The molecular weight excluding hydrogens is 1870 g/mol. The normalized spacial score (nSPS) is 11.9. The minimum Gasteiger partial charge on any atom is -0.744 e. The van der Waals surface area contributed by atoms with Gasteiger partial charge in [0.15, 0.2) is 0 Å². The molecule has 0 heterocycles. The van der Waals surface area contributed by atoms with Crippen LogP contribution in [0.15, 0.2) is 141 Å². The average molecular weight is 2050 g/mol. The summed E-state index contributed by atoms with van der Waals surface area (Å²) in [7, 11) is -17.7. The SMILES string of the molecule is CCCCCCCCCc1cc2ccc(S(=O)(=O)[O-])cc2cc1CCCCCCCCC.CCCCCCCCCc1cc2ccc(S(=O)(=O)[O-])cc2cc1CCCCCCCCC.CCCCCCCCCc1cc2ccc(S(=O)(=O)[O-])cc2cc1CCCCCCCCC.CCCCCCCCCc1cc2ccc(S(=O)(=O)[O-])cc2cc1CCCCCCCCC.[Pb]. The summed E-state index contributed by atoms with van der Waals surface area (Å²) < 4.78 is 138. The Morgan fingerprint density at radius 2 is 0.264 bits per heavy atom. The van der Waals surface area contributed by atoms with Crippen LogP contribution in [0, 0.1) is 0 Å². The van der Waals surface area contributed by atoms with Gasteiger partial charge in [0, 0.05) is 27.3 Å². The summed E-state index contributed by atoms with van der Waals surface area (Å²) in [6, 6.07) is 36.5. The molecule has 0 bridgehead atoms. The molecule has 0 aliphatic heterocycles. The Kier molecular flexibility index (Phi) is 62.6. The fraction of sp³-hybridized carbons (Fsp3) is 0.643. The first-order valence-corrected chi connectivity index (χ1v) is 57.5. The van der Waals surface area contributed by atoms with Crippen molar-refractivity contribution in [2.75, 3.05) is 0 Å². The smallest absolute Gasteiger partial charge is 0.124 e. The molecule has 0 saturated heterocycles. The third kappa shape index (κ3) is 49.6. The molecule has 4 radical (unpaired) electrons. The van der Waals surface area contributed by atoms with Crippen molar-refractivity contribution >= 4 is 111 Å². The Morgan fingerprint density at radius 3 is 0.380 bits per heavy atom. The van der Waals surface area contributed by atoms with Gasteiger partial charge in [-0.2, -0.15) is 0 Å². The van der Waals surface area contributed by atoms with Crippen LogP contribution in [0.4, 0.5) is 0 Å². The van der Waals surface area contributed by atoms with Gasteiger partial charge >= 0.3 is 0 Å². The van der Waals surface area contributed by atoms with Crippen LogP contribution >= 0.6 is 0 Å². The van der Waals surface area contributed by atoms with Crippen LogP contribution in [-0.4, -0.2) is 79.2 Å². The standard InChI is InChI=1S/4C28H44O3S.Pb/c4*1-3-5-7-9-11-13-15-17-24-21-26-19-20-28(32(29,30)31)23-27(26)22-25(24)18-16-14-12-10-8-6-4-2;/h4*19-23H,3-18H2,1-2H3,(H,29,30,31);/p-4. The minimum absolute atomic E-state index is 0. The van der Waals surface area contributed by atoms with Crippen molar-refractivity contribution < 1.29 is 51.9 Å². The second-order valence-electron chi connectivity index (χ2n) is 37.3. The molecule has 12 nitrogen and oxygen atoms in total. The Morgan fingerprint density at radius 1 is 0.155 bits per heavy atom. The van der Waals surface area contributed by atoms with Crippen molar-refractivity contribution in [3.8, 4) is 0 Å². The van der Waals surface area contributed by atoms with Gasteiger partial charge in [-0.1, -0.05) is 436 Å². The maximum atomic E-state index is 11.5. The molecule has 0 aliphatic carbocycles. The van der Waals surface area contributed by atoms with Gasteiger partial charge in [-0.3, -0.25) is 0 Å². The van der Waals surface area contributed by atoms with Crippen molar-refractivity contribution in [1.82, 2.24) is 0 Å².